The fourth-order valence-corrected chi connectivity index (χ4v) is 3.08. The second-order valence-electron chi connectivity index (χ2n) is 3.97. The molecule has 0 bridgehead atoms. The van der Waals surface area contributed by atoms with Crippen molar-refractivity contribution < 1.29 is 0 Å². The first-order valence-electron chi connectivity index (χ1n) is 5.37. The molecular formula is C12H16ClNS. The Morgan fingerprint density at radius 1 is 1.47 bits per heavy atom. The molecule has 0 amide bonds. The molecule has 1 nitrogen and oxygen atoms in total. The third-order valence-corrected chi connectivity index (χ3v) is 4.41. The molecule has 3 heteroatoms. The minimum atomic E-state index is 0.612. The van der Waals surface area contributed by atoms with E-state index in [0.717, 1.165) is 10.6 Å². The Kier molecular flexibility index (Phi) is 3.81. The van der Waals surface area contributed by atoms with E-state index in [-0.39, 0.29) is 0 Å². The van der Waals surface area contributed by atoms with Crippen LogP contribution in [-0.4, -0.2) is 17.5 Å². The van der Waals surface area contributed by atoms with Gasteiger partial charge in [0.15, 0.2) is 0 Å². The highest BCUT2D eigenvalue weighted by Gasteiger charge is 2.14. The number of rotatable bonds is 2. The van der Waals surface area contributed by atoms with Gasteiger partial charge in [-0.3, -0.25) is 0 Å². The van der Waals surface area contributed by atoms with Crippen molar-refractivity contribution in [2.24, 2.45) is 0 Å². The number of thioether (sulfide) groups is 1. The maximum absolute atomic E-state index is 6.09. The maximum Gasteiger partial charge on any atom is 0.0455 e. The van der Waals surface area contributed by atoms with Gasteiger partial charge in [0.2, 0.25) is 0 Å². The van der Waals surface area contributed by atoms with Crippen LogP contribution in [0.1, 0.15) is 18.4 Å². The van der Waals surface area contributed by atoms with Crippen molar-refractivity contribution in [2.45, 2.75) is 25.8 Å². The summed E-state index contributed by atoms with van der Waals surface area (Å²) in [6.07, 6.45) is 2.60. The second kappa shape index (κ2) is 5.13. The first-order chi connectivity index (χ1) is 7.27. The Balaban J connectivity index is 2.06. The first-order valence-corrected chi connectivity index (χ1v) is 6.90. The largest absolute Gasteiger partial charge is 0.381 e. The molecule has 1 aromatic carbocycles. The predicted octanol–water partition coefficient (Wildman–Crippen LogP) is 3.96. The lowest BCUT2D eigenvalue weighted by Crippen LogP contribution is -2.26. The topological polar surface area (TPSA) is 12.0 Å². The molecule has 0 aromatic heterocycles. The van der Waals surface area contributed by atoms with Gasteiger partial charge in [0.25, 0.3) is 0 Å². The molecule has 0 radical (unpaired) electrons. The van der Waals surface area contributed by atoms with Crippen LogP contribution in [0.25, 0.3) is 0 Å². The standard InChI is InChI=1S/C12H16ClNS/c1-9-11(13)5-2-6-12(9)14-10-4-3-7-15-8-10/h2,5-6,10,14H,3-4,7-8H2,1H3/t10-/m0/s1. The molecule has 1 aliphatic heterocycles. The molecule has 1 fully saturated rings. The number of hydrogen-bond donors (Lipinski definition) is 1. The van der Waals surface area contributed by atoms with E-state index in [0.29, 0.717) is 6.04 Å². The van der Waals surface area contributed by atoms with Gasteiger partial charge in [0.05, 0.1) is 0 Å². The van der Waals surface area contributed by atoms with Crippen molar-refractivity contribution in [3.8, 4) is 0 Å². The quantitative estimate of drug-likeness (QED) is 0.841. The number of hydrogen-bond acceptors (Lipinski definition) is 2. The molecule has 0 aliphatic carbocycles. The van der Waals surface area contributed by atoms with Crippen LogP contribution in [0.2, 0.25) is 5.02 Å². The zero-order chi connectivity index (χ0) is 10.7. The summed E-state index contributed by atoms with van der Waals surface area (Å²) < 4.78 is 0. The summed E-state index contributed by atoms with van der Waals surface area (Å²) in [7, 11) is 0. The van der Waals surface area contributed by atoms with Crippen LogP contribution < -0.4 is 5.32 Å². The van der Waals surface area contributed by atoms with Gasteiger partial charge in [-0.15, -0.1) is 0 Å². The van der Waals surface area contributed by atoms with E-state index in [4.69, 9.17) is 11.6 Å². The Morgan fingerprint density at radius 3 is 3.07 bits per heavy atom. The van der Waals surface area contributed by atoms with Gasteiger partial charge in [-0.25, -0.2) is 0 Å². The smallest absolute Gasteiger partial charge is 0.0455 e. The molecule has 1 atom stereocenters. The van der Waals surface area contributed by atoms with Gasteiger partial charge in [0, 0.05) is 22.5 Å². The SMILES string of the molecule is Cc1c(Cl)cccc1N[C@H]1CCCSC1. The zero-order valence-corrected chi connectivity index (χ0v) is 10.5. The highest BCUT2D eigenvalue weighted by atomic mass is 35.5. The van der Waals surface area contributed by atoms with Gasteiger partial charge in [0.1, 0.15) is 0 Å². The van der Waals surface area contributed by atoms with Crippen molar-refractivity contribution >= 4 is 29.1 Å². The van der Waals surface area contributed by atoms with E-state index >= 15 is 0 Å². The van der Waals surface area contributed by atoms with E-state index in [1.165, 1.54) is 30.0 Å². The van der Waals surface area contributed by atoms with E-state index in [2.05, 4.69) is 18.3 Å². The van der Waals surface area contributed by atoms with Crippen LogP contribution >= 0.6 is 23.4 Å². The van der Waals surface area contributed by atoms with Gasteiger partial charge in [-0.05, 0) is 43.2 Å². The first kappa shape index (κ1) is 11.2. The van der Waals surface area contributed by atoms with Crippen molar-refractivity contribution in [3.63, 3.8) is 0 Å². The molecule has 0 saturated carbocycles. The fourth-order valence-electron chi connectivity index (χ4n) is 1.84. The van der Waals surface area contributed by atoms with Crippen molar-refractivity contribution in [3.05, 3.63) is 28.8 Å². The van der Waals surface area contributed by atoms with Gasteiger partial charge in [-0.1, -0.05) is 17.7 Å². The maximum atomic E-state index is 6.09. The van der Waals surface area contributed by atoms with Gasteiger partial charge in [-0.2, -0.15) is 11.8 Å². The van der Waals surface area contributed by atoms with E-state index in [1.54, 1.807) is 0 Å². The van der Waals surface area contributed by atoms with Crippen LogP contribution in [0.5, 0.6) is 0 Å². The van der Waals surface area contributed by atoms with Gasteiger partial charge < -0.3 is 5.32 Å². The van der Waals surface area contributed by atoms with Crippen molar-refractivity contribution in [1.29, 1.82) is 0 Å². The predicted molar refractivity (Wildman–Crippen MR) is 70.2 cm³/mol. The summed E-state index contributed by atoms with van der Waals surface area (Å²) in [6, 6.07) is 6.67. The summed E-state index contributed by atoms with van der Waals surface area (Å²) >= 11 is 8.12. The summed E-state index contributed by atoms with van der Waals surface area (Å²) in [5, 5.41) is 4.44. The minimum absolute atomic E-state index is 0.612. The molecular weight excluding hydrogens is 226 g/mol. The highest BCUT2D eigenvalue weighted by Crippen LogP contribution is 2.26. The average Bonchev–Trinajstić information content (AvgIpc) is 2.26. The summed E-state index contributed by atoms with van der Waals surface area (Å²) in [6.45, 7) is 2.07. The lowest BCUT2D eigenvalue weighted by molar-refractivity contribution is 0.684. The van der Waals surface area contributed by atoms with Crippen LogP contribution in [0, 0.1) is 6.92 Å². The Bertz CT molecular complexity index is 334. The Labute approximate surface area is 101 Å². The fraction of sp³-hybridized carbons (Fsp3) is 0.500. The van der Waals surface area contributed by atoms with E-state index in [9.17, 15) is 0 Å². The third-order valence-electron chi connectivity index (χ3n) is 2.79. The minimum Gasteiger partial charge on any atom is -0.381 e. The Morgan fingerprint density at radius 2 is 2.33 bits per heavy atom. The third kappa shape index (κ3) is 2.82. The van der Waals surface area contributed by atoms with E-state index < -0.39 is 0 Å². The Hall–Kier alpha value is -0.340. The molecule has 82 valence electrons. The molecule has 1 aromatic rings. The van der Waals surface area contributed by atoms with Crippen LogP contribution in [0.3, 0.4) is 0 Å². The normalized spacial score (nSPS) is 21.3. The monoisotopic (exact) mass is 241 g/mol. The molecule has 15 heavy (non-hydrogen) atoms. The summed E-state index contributed by atoms with van der Waals surface area (Å²) in [5.41, 5.74) is 2.35. The summed E-state index contributed by atoms with van der Waals surface area (Å²) in [5.74, 6) is 2.53. The lowest BCUT2D eigenvalue weighted by atomic mass is 10.1. The van der Waals surface area contributed by atoms with Gasteiger partial charge >= 0.3 is 0 Å². The number of benzene rings is 1. The number of halogens is 1. The van der Waals surface area contributed by atoms with Crippen molar-refractivity contribution in [1.82, 2.24) is 0 Å². The molecule has 1 heterocycles. The highest BCUT2D eigenvalue weighted by molar-refractivity contribution is 7.99. The average molecular weight is 242 g/mol. The molecule has 1 aliphatic rings. The number of nitrogens with one attached hydrogen (secondary N) is 1. The second-order valence-corrected chi connectivity index (χ2v) is 5.53. The number of anilines is 1. The van der Waals surface area contributed by atoms with Crippen LogP contribution in [-0.2, 0) is 0 Å². The molecule has 1 saturated heterocycles. The lowest BCUT2D eigenvalue weighted by Gasteiger charge is -2.24. The molecule has 1 N–H and O–H groups in total. The zero-order valence-electron chi connectivity index (χ0n) is 8.92. The van der Waals surface area contributed by atoms with Crippen LogP contribution in [0.4, 0.5) is 5.69 Å². The van der Waals surface area contributed by atoms with Crippen LogP contribution in [0.15, 0.2) is 18.2 Å². The summed E-state index contributed by atoms with van der Waals surface area (Å²) in [4.78, 5) is 0. The molecule has 2 rings (SSSR count). The molecule has 0 unspecified atom stereocenters. The van der Waals surface area contributed by atoms with E-state index in [1.807, 2.05) is 23.9 Å². The molecule has 0 spiro atoms. The van der Waals surface area contributed by atoms with Crippen molar-refractivity contribution in [2.75, 3.05) is 16.8 Å².